The van der Waals surface area contributed by atoms with Crippen molar-refractivity contribution in [2.75, 3.05) is 5.32 Å². The quantitative estimate of drug-likeness (QED) is 0.392. The average molecular weight is 422 g/mol. The second-order valence-corrected chi connectivity index (χ2v) is 8.36. The number of hydrogen-bond donors (Lipinski definition) is 2. The van der Waals surface area contributed by atoms with Crippen LogP contribution in [-0.4, -0.2) is 15.1 Å². The van der Waals surface area contributed by atoms with E-state index in [4.69, 9.17) is 11.6 Å². The van der Waals surface area contributed by atoms with Gasteiger partial charge >= 0.3 is 0 Å². The monoisotopic (exact) mass is 421 g/mol. The maximum Gasteiger partial charge on any atom is 0.126 e. The van der Waals surface area contributed by atoms with E-state index in [0.717, 1.165) is 22.0 Å². The minimum atomic E-state index is -0.788. The fraction of sp³-hybridized carbons (Fsp3) is 0.130. The van der Waals surface area contributed by atoms with Crippen LogP contribution in [0, 0.1) is 0 Å². The first-order chi connectivity index (χ1) is 14.2. The van der Waals surface area contributed by atoms with Crippen molar-refractivity contribution in [2.45, 2.75) is 18.1 Å². The van der Waals surface area contributed by atoms with Crippen LogP contribution in [0.1, 0.15) is 34.2 Å². The molecule has 3 atom stereocenters. The highest BCUT2D eigenvalue weighted by molar-refractivity contribution is 7.16. The van der Waals surface area contributed by atoms with Gasteiger partial charge in [-0.2, -0.15) is 0 Å². The summed E-state index contributed by atoms with van der Waals surface area (Å²) in [7, 11) is 0. The van der Waals surface area contributed by atoms with Crippen LogP contribution in [0.5, 0.6) is 0 Å². The summed E-state index contributed by atoms with van der Waals surface area (Å²) in [5.41, 5.74) is 1.83. The lowest BCUT2D eigenvalue weighted by molar-refractivity contribution is 0.137. The van der Waals surface area contributed by atoms with Crippen molar-refractivity contribution >= 4 is 28.8 Å². The summed E-state index contributed by atoms with van der Waals surface area (Å²) in [4.78, 5) is 9.80. The van der Waals surface area contributed by atoms with Gasteiger partial charge in [0.1, 0.15) is 5.82 Å². The highest BCUT2D eigenvalue weighted by atomic mass is 35.5. The number of rotatable bonds is 7. The Kier molecular flexibility index (Phi) is 6.20. The Balaban J connectivity index is 1.81. The van der Waals surface area contributed by atoms with Crippen LogP contribution in [0.15, 0.2) is 91.3 Å². The molecule has 0 saturated carbocycles. The molecular formula is C23H20ClN3OS. The van der Waals surface area contributed by atoms with Gasteiger partial charge in [-0.3, -0.25) is 4.98 Å². The van der Waals surface area contributed by atoms with Gasteiger partial charge in [-0.05, 0) is 42.0 Å². The lowest BCUT2D eigenvalue weighted by Gasteiger charge is -2.32. The topological polar surface area (TPSA) is 58.0 Å². The average Bonchev–Trinajstić information content (AvgIpc) is 3.22. The molecule has 0 spiro atoms. The van der Waals surface area contributed by atoms with Gasteiger partial charge in [0.25, 0.3) is 0 Å². The smallest absolute Gasteiger partial charge is 0.126 e. The zero-order chi connectivity index (χ0) is 20.1. The Hall–Kier alpha value is -2.73. The van der Waals surface area contributed by atoms with Crippen LogP contribution in [0.4, 0.5) is 5.82 Å². The summed E-state index contributed by atoms with van der Waals surface area (Å²) in [6.07, 6.45) is 2.71. The highest BCUT2D eigenvalue weighted by Gasteiger charge is 2.34. The van der Waals surface area contributed by atoms with Gasteiger partial charge in [0, 0.05) is 23.0 Å². The zero-order valence-electron chi connectivity index (χ0n) is 15.5. The van der Waals surface area contributed by atoms with Gasteiger partial charge in [-0.25, -0.2) is 4.98 Å². The van der Waals surface area contributed by atoms with Gasteiger partial charge in [0.15, 0.2) is 0 Å². The molecule has 6 heteroatoms. The Labute approximate surface area is 178 Å². The normalized spacial score (nSPS) is 14.1. The summed E-state index contributed by atoms with van der Waals surface area (Å²) in [5, 5.41) is 14.9. The number of thiophene rings is 1. The minimum Gasteiger partial charge on any atom is -0.387 e. The van der Waals surface area contributed by atoms with Crippen molar-refractivity contribution < 1.29 is 5.11 Å². The number of halogens is 1. The highest BCUT2D eigenvalue weighted by Crippen LogP contribution is 2.43. The van der Waals surface area contributed by atoms with Crippen molar-refractivity contribution in [3.8, 4) is 0 Å². The molecule has 0 aliphatic heterocycles. The Morgan fingerprint density at radius 2 is 1.55 bits per heavy atom. The van der Waals surface area contributed by atoms with Gasteiger partial charge in [-0.15, -0.1) is 11.3 Å². The second kappa shape index (κ2) is 9.18. The van der Waals surface area contributed by atoms with E-state index in [1.165, 1.54) is 11.3 Å². The molecule has 3 unspecified atom stereocenters. The summed E-state index contributed by atoms with van der Waals surface area (Å²) in [6, 6.07) is 25.0. The van der Waals surface area contributed by atoms with Crippen LogP contribution in [-0.2, 0) is 0 Å². The predicted octanol–water partition coefficient (Wildman–Crippen LogP) is 5.86. The van der Waals surface area contributed by atoms with Crippen LogP contribution in [0.3, 0.4) is 0 Å². The van der Waals surface area contributed by atoms with Crippen LogP contribution in [0.2, 0.25) is 4.34 Å². The van der Waals surface area contributed by atoms with E-state index in [1.54, 1.807) is 12.4 Å². The number of aliphatic hydroxyl groups is 1. The third-order valence-corrected chi connectivity index (χ3v) is 6.04. The largest absolute Gasteiger partial charge is 0.387 e. The van der Waals surface area contributed by atoms with Crippen molar-refractivity contribution in [3.63, 3.8) is 0 Å². The van der Waals surface area contributed by atoms with Gasteiger partial charge in [0.05, 0.1) is 22.4 Å². The Bertz CT molecular complexity index is 1030. The van der Waals surface area contributed by atoms with Crippen molar-refractivity contribution in [1.82, 2.24) is 9.97 Å². The molecule has 0 radical (unpaired) electrons. The van der Waals surface area contributed by atoms with Crippen molar-refractivity contribution in [2.24, 2.45) is 0 Å². The minimum absolute atomic E-state index is 0.253. The molecule has 4 rings (SSSR count). The molecule has 3 heterocycles. The maximum absolute atomic E-state index is 11.4. The lowest BCUT2D eigenvalue weighted by Crippen LogP contribution is -2.25. The molecule has 0 bridgehead atoms. The van der Waals surface area contributed by atoms with Gasteiger partial charge in [-0.1, -0.05) is 54.1 Å². The third kappa shape index (κ3) is 4.65. The van der Waals surface area contributed by atoms with Gasteiger partial charge < -0.3 is 10.4 Å². The zero-order valence-corrected chi connectivity index (χ0v) is 17.1. The molecule has 0 amide bonds. The number of pyridine rings is 2. The van der Waals surface area contributed by atoms with Crippen molar-refractivity contribution in [3.05, 3.63) is 112 Å². The van der Waals surface area contributed by atoms with Gasteiger partial charge in [0.2, 0.25) is 0 Å². The molecule has 0 aliphatic rings. The molecule has 0 saturated heterocycles. The first-order valence-corrected chi connectivity index (χ1v) is 10.5. The summed E-state index contributed by atoms with van der Waals surface area (Å²) < 4.78 is 0.646. The molecule has 4 aromatic rings. The van der Waals surface area contributed by atoms with Crippen LogP contribution >= 0.6 is 22.9 Å². The fourth-order valence-electron chi connectivity index (χ4n) is 3.40. The standard InChI is InChI=1S/C23H20ClN3OS/c24-19-13-12-18(29-19)23(28)21(17-10-4-6-14-25-17)22(16-8-2-1-3-9-16)27-20-11-5-7-15-26-20/h1-15,21-23,28H,(H,26,27). The van der Waals surface area contributed by atoms with E-state index < -0.39 is 6.10 Å². The second-order valence-electron chi connectivity index (χ2n) is 6.61. The number of benzene rings is 1. The number of anilines is 1. The molecule has 4 nitrogen and oxygen atoms in total. The van der Waals surface area contributed by atoms with E-state index in [2.05, 4.69) is 15.3 Å². The van der Waals surface area contributed by atoms with E-state index in [-0.39, 0.29) is 12.0 Å². The molecule has 0 aliphatic carbocycles. The van der Waals surface area contributed by atoms with E-state index in [0.29, 0.717) is 4.34 Å². The number of aromatic nitrogens is 2. The number of aliphatic hydroxyl groups excluding tert-OH is 1. The predicted molar refractivity (Wildman–Crippen MR) is 118 cm³/mol. The van der Waals surface area contributed by atoms with E-state index in [1.807, 2.05) is 78.9 Å². The molecule has 29 heavy (non-hydrogen) atoms. The lowest BCUT2D eigenvalue weighted by atomic mass is 9.84. The summed E-state index contributed by atoms with van der Waals surface area (Å²) in [6.45, 7) is 0. The maximum atomic E-state index is 11.4. The molecule has 0 fully saturated rings. The Morgan fingerprint density at radius 3 is 2.17 bits per heavy atom. The first kappa shape index (κ1) is 19.6. The number of hydrogen-bond acceptors (Lipinski definition) is 5. The van der Waals surface area contributed by atoms with Crippen molar-refractivity contribution in [1.29, 1.82) is 0 Å². The third-order valence-electron chi connectivity index (χ3n) is 4.74. The summed E-state index contributed by atoms with van der Waals surface area (Å²) in [5.74, 6) is 0.383. The molecular weight excluding hydrogens is 402 g/mol. The molecule has 3 aromatic heterocycles. The number of nitrogens with zero attached hydrogens (tertiary/aromatic N) is 2. The summed E-state index contributed by atoms with van der Waals surface area (Å²) >= 11 is 7.53. The number of nitrogens with one attached hydrogen (secondary N) is 1. The molecule has 2 N–H and O–H groups in total. The van der Waals surface area contributed by atoms with Crippen LogP contribution in [0.25, 0.3) is 0 Å². The fourth-order valence-corrected chi connectivity index (χ4v) is 4.50. The van der Waals surface area contributed by atoms with E-state index >= 15 is 0 Å². The molecule has 146 valence electrons. The first-order valence-electron chi connectivity index (χ1n) is 9.29. The SMILES string of the molecule is OC(c1ccc(Cl)s1)C(c1ccccn1)C(Nc1ccccn1)c1ccccc1. The molecule has 1 aromatic carbocycles. The van der Waals surface area contributed by atoms with E-state index in [9.17, 15) is 5.11 Å². The Morgan fingerprint density at radius 1 is 0.828 bits per heavy atom. The van der Waals surface area contributed by atoms with Crippen LogP contribution < -0.4 is 5.32 Å².